The molecule has 1 saturated carbocycles. The van der Waals surface area contributed by atoms with Gasteiger partial charge in [-0.1, -0.05) is 15.9 Å². The Hall–Kier alpha value is -0.580. The predicted octanol–water partition coefficient (Wildman–Crippen LogP) is 2.47. The maximum atomic E-state index is 8.66. The first-order valence-corrected chi connectivity index (χ1v) is 5.41. The van der Waals surface area contributed by atoms with Crippen LogP contribution in [0.2, 0.25) is 0 Å². The molecule has 14 heavy (non-hydrogen) atoms. The monoisotopic (exact) mass is 257 g/mol. The number of benzene rings is 1. The van der Waals surface area contributed by atoms with Crippen molar-refractivity contribution in [3.63, 3.8) is 0 Å². The Kier molecular flexibility index (Phi) is 3.05. The van der Waals surface area contributed by atoms with Crippen LogP contribution in [0.3, 0.4) is 0 Å². The van der Waals surface area contributed by atoms with Gasteiger partial charge in [0.1, 0.15) is 5.75 Å². The summed E-state index contributed by atoms with van der Waals surface area (Å²) in [6.07, 6.45) is 2.66. The van der Waals surface area contributed by atoms with Gasteiger partial charge >= 0.3 is 0 Å². The quantitative estimate of drug-likeness (QED) is 0.815. The summed E-state index contributed by atoms with van der Waals surface area (Å²) in [4.78, 5) is 0. The van der Waals surface area contributed by atoms with E-state index in [1.807, 2.05) is 18.2 Å². The molecule has 0 heterocycles. The topological polar surface area (TPSA) is 41.5 Å². The van der Waals surface area contributed by atoms with Crippen molar-refractivity contribution in [3.8, 4) is 5.75 Å². The summed E-state index contributed by atoms with van der Waals surface area (Å²) in [5.74, 6) is 0.859. The summed E-state index contributed by atoms with van der Waals surface area (Å²) in [5.41, 5.74) is 3.11. The van der Waals surface area contributed by atoms with Gasteiger partial charge in [0, 0.05) is 16.6 Å². The highest BCUT2D eigenvalue weighted by molar-refractivity contribution is 9.10. The third kappa shape index (κ3) is 2.47. The molecule has 1 aromatic carbocycles. The standard InChI is InChI=1S/C10H12BrNO2/c11-8-1-4-10(14-9-2-3-9)7(5-8)6-12-13/h1,4-5,9,12-13H,2-3,6H2. The molecule has 0 unspecified atom stereocenters. The maximum absolute atomic E-state index is 8.66. The number of nitrogens with one attached hydrogen (secondary N) is 1. The highest BCUT2D eigenvalue weighted by Crippen LogP contribution is 2.30. The van der Waals surface area contributed by atoms with Crippen molar-refractivity contribution in [2.24, 2.45) is 0 Å². The zero-order valence-corrected chi connectivity index (χ0v) is 9.25. The fourth-order valence-electron chi connectivity index (χ4n) is 1.25. The molecule has 1 aromatic rings. The second kappa shape index (κ2) is 4.29. The van der Waals surface area contributed by atoms with Crippen molar-refractivity contribution in [1.29, 1.82) is 0 Å². The summed E-state index contributed by atoms with van der Waals surface area (Å²) < 4.78 is 6.68. The summed E-state index contributed by atoms with van der Waals surface area (Å²) >= 11 is 3.38. The lowest BCUT2D eigenvalue weighted by molar-refractivity contribution is 0.159. The van der Waals surface area contributed by atoms with E-state index < -0.39 is 0 Å². The molecule has 1 fully saturated rings. The van der Waals surface area contributed by atoms with Gasteiger partial charge in [0.25, 0.3) is 0 Å². The van der Waals surface area contributed by atoms with Crippen molar-refractivity contribution in [2.45, 2.75) is 25.5 Å². The molecule has 3 nitrogen and oxygen atoms in total. The van der Waals surface area contributed by atoms with Gasteiger partial charge in [-0.2, -0.15) is 0 Å². The van der Waals surface area contributed by atoms with Gasteiger partial charge in [-0.25, -0.2) is 5.48 Å². The van der Waals surface area contributed by atoms with E-state index in [0.717, 1.165) is 28.6 Å². The summed E-state index contributed by atoms with van der Waals surface area (Å²) in [5, 5.41) is 8.66. The van der Waals surface area contributed by atoms with Crippen LogP contribution < -0.4 is 10.2 Å². The number of hydroxylamine groups is 1. The molecule has 0 atom stereocenters. The minimum atomic E-state index is 0.383. The van der Waals surface area contributed by atoms with E-state index in [9.17, 15) is 0 Å². The fraction of sp³-hybridized carbons (Fsp3) is 0.400. The van der Waals surface area contributed by atoms with Crippen LogP contribution in [0.4, 0.5) is 0 Å². The zero-order valence-electron chi connectivity index (χ0n) is 7.66. The molecule has 0 aromatic heterocycles. The largest absolute Gasteiger partial charge is 0.490 e. The van der Waals surface area contributed by atoms with Gasteiger partial charge in [-0.3, -0.25) is 0 Å². The van der Waals surface area contributed by atoms with Gasteiger partial charge in [0.2, 0.25) is 0 Å². The van der Waals surface area contributed by atoms with E-state index in [4.69, 9.17) is 9.94 Å². The van der Waals surface area contributed by atoms with Gasteiger partial charge < -0.3 is 9.94 Å². The summed E-state index contributed by atoms with van der Waals surface area (Å²) in [6, 6.07) is 5.81. The van der Waals surface area contributed by atoms with E-state index in [0.29, 0.717) is 12.6 Å². The molecule has 76 valence electrons. The molecular weight excluding hydrogens is 246 g/mol. The van der Waals surface area contributed by atoms with Gasteiger partial charge in [-0.15, -0.1) is 0 Å². The second-order valence-corrected chi connectivity index (χ2v) is 4.32. The second-order valence-electron chi connectivity index (χ2n) is 3.40. The van der Waals surface area contributed by atoms with Crippen LogP contribution >= 0.6 is 15.9 Å². The fourth-order valence-corrected chi connectivity index (χ4v) is 1.66. The van der Waals surface area contributed by atoms with E-state index in [2.05, 4.69) is 21.4 Å². The molecule has 0 bridgehead atoms. The van der Waals surface area contributed by atoms with Crippen molar-refractivity contribution >= 4 is 15.9 Å². The number of rotatable bonds is 4. The number of halogens is 1. The molecule has 0 spiro atoms. The molecule has 2 N–H and O–H groups in total. The highest BCUT2D eigenvalue weighted by Gasteiger charge is 2.24. The Bertz CT molecular complexity index is 326. The van der Waals surface area contributed by atoms with Crippen molar-refractivity contribution in [2.75, 3.05) is 0 Å². The van der Waals surface area contributed by atoms with Crippen LogP contribution in [-0.2, 0) is 6.54 Å². The lowest BCUT2D eigenvalue weighted by atomic mass is 10.2. The van der Waals surface area contributed by atoms with Gasteiger partial charge in [-0.05, 0) is 31.0 Å². The van der Waals surface area contributed by atoms with Crippen LogP contribution in [0.15, 0.2) is 22.7 Å². The maximum Gasteiger partial charge on any atom is 0.124 e. The first-order chi connectivity index (χ1) is 6.79. The summed E-state index contributed by atoms with van der Waals surface area (Å²) in [6.45, 7) is 0.404. The molecule has 4 heteroatoms. The SMILES string of the molecule is ONCc1cc(Br)ccc1OC1CC1. The number of ether oxygens (including phenoxy) is 1. The van der Waals surface area contributed by atoms with Crippen molar-refractivity contribution in [1.82, 2.24) is 5.48 Å². The highest BCUT2D eigenvalue weighted by atomic mass is 79.9. The number of hydrogen-bond acceptors (Lipinski definition) is 3. The lowest BCUT2D eigenvalue weighted by Crippen LogP contribution is -2.09. The minimum absolute atomic E-state index is 0.383. The normalized spacial score (nSPS) is 15.6. The molecule has 2 rings (SSSR count). The van der Waals surface area contributed by atoms with Crippen LogP contribution in [0.5, 0.6) is 5.75 Å². The third-order valence-corrected chi connectivity index (χ3v) is 2.60. The Morgan fingerprint density at radius 1 is 1.50 bits per heavy atom. The Morgan fingerprint density at radius 3 is 2.93 bits per heavy atom. The summed E-state index contributed by atoms with van der Waals surface area (Å²) in [7, 11) is 0. The Balaban J connectivity index is 2.17. The molecule has 1 aliphatic carbocycles. The molecule has 0 saturated heterocycles. The van der Waals surface area contributed by atoms with E-state index >= 15 is 0 Å². The Labute approximate surface area is 91.2 Å². The van der Waals surface area contributed by atoms with Gasteiger partial charge in [0.05, 0.1) is 6.10 Å². The van der Waals surface area contributed by atoms with Gasteiger partial charge in [0.15, 0.2) is 0 Å². The molecule has 0 amide bonds. The lowest BCUT2D eigenvalue weighted by Gasteiger charge is -2.10. The van der Waals surface area contributed by atoms with Crippen LogP contribution in [0, 0.1) is 0 Å². The van der Waals surface area contributed by atoms with Crippen LogP contribution in [0.25, 0.3) is 0 Å². The molecule has 0 radical (unpaired) electrons. The average molecular weight is 258 g/mol. The molecule has 0 aliphatic heterocycles. The van der Waals surface area contributed by atoms with Crippen LogP contribution in [-0.4, -0.2) is 11.3 Å². The smallest absolute Gasteiger partial charge is 0.124 e. The van der Waals surface area contributed by atoms with E-state index in [-0.39, 0.29) is 0 Å². The molecule has 1 aliphatic rings. The first-order valence-electron chi connectivity index (χ1n) is 4.61. The number of hydrogen-bond donors (Lipinski definition) is 2. The Morgan fingerprint density at radius 2 is 2.29 bits per heavy atom. The van der Waals surface area contributed by atoms with Crippen LogP contribution in [0.1, 0.15) is 18.4 Å². The molecular formula is C10H12BrNO2. The van der Waals surface area contributed by atoms with E-state index in [1.54, 1.807) is 0 Å². The minimum Gasteiger partial charge on any atom is -0.490 e. The van der Waals surface area contributed by atoms with Crippen molar-refractivity contribution in [3.05, 3.63) is 28.2 Å². The first kappa shape index (κ1) is 9.96. The zero-order chi connectivity index (χ0) is 9.97. The third-order valence-electron chi connectivity index (χ3n) is 2.11. The van der Waals surface area contributed by atoms with Crippen molar-refractivity contribution < 1.29 is 9.94 Å². The predicted molar refractivity (Wildman–Crippen MR) is 56.4 cm³/mol. The average Bonchev–Trinajstić information content (AvgIpc) is 2.94. The van der Waals surface area contributed by atoms with E-state index in [1.165, 1.54) is 0 Å².